The first kappa shape index (κ1) is 20.9. The number of nitrogens with one attached hydrogen (secondary N) is 2. The van der Waals surface area contributed by atoms with Crippen LogP contribution < -0.4 is 10.6 Å². The van der Waals surface area contributed by atoms with Crippen LogP contribution in [0.2, 0.25) is 0 Å². The summed E-state index contributed by atoms with van der Waals surface area (Å²) >= 11 is 1.74. The van der Waals surface area contributed by atoms with Gasteiger partial charge < -0.3 is 15.5 Å². The van der Waals surface area contributed by atoms with Gasteiger partial charge in [-0.3, -0.25) is 0 Å². The van der Waals surface area contributed by atoms with Crippen LogP contribution in [0.3, 0.4) is 0 Å². The first-order valence-electron chi connectivity index (χ1n) is 7.96. The van der Waals surface area contributed by atoms with Gasteiger partial charge in [-0.05, 0) is 38.0 Å². The normalized spacial score (nSPS) is 12.6. The third kappa shape index (κ3) is 6.78. The Balaban J connectivity index is 0.00000288. The number of benzene rings is 1. The van der Waals surface area contributed by atoms with E-state index >= 15 is 0 Å². The molecule has 1 heterocycles. The Morgan fingerprint density at radius 3 is 2.46 bits per heavy atom. The molecule has 0 saturated carbocycles. The molecule has 0 aliphatic heterocycles. The number of nitrogens with zero attached hydrogens (tertiary/aromatic N) is 2. The van der Waals surface area contributed by atoms with Gasteiger partial charge in [0, 0.05) is 18.0 Å². The summed E-state index contributed by atoms with van der Waals surface area (Å²) in [6.07, 6.45) is 0. The molecule has 0 bridgehead atoms. The summed E-state index contributed by atoms with van der Waals surface area (Å²) in [4.78, 5) is 8.17. The monoisotopic (exact) mass is 458 g/mol. The van der Waals surface area contributed by atoms with Gasteiger partial charge in [-0.1, -0.05) is 36.4 Å². The van der Waals surface area contributed by atoms with E-state index in [1.165, 1.54) is 10.4 Å². The number of likely N-dealkylation sites (N-methyl/N-ethyl adjacent to an activating group) is 1. The van der Waals surface area contributed by atoms with Crippen molar-refractivity contribution >= 4 is 41.3 Å². The van der Waals surface area contributed by atoms with Crippen LogP contribution in [0.15, 0.2) is 52.8 Å². The molecule has 1 aromatic carbocycles. The molecule has 4 nitrogen and oxygen atoms in total. The van der Waals surface area contributed by atoms with E-state index in [-0.39, 0.29) is 24.0 Å². The lowest BCUT2D eigenvalue weighted by atomic mass is 10.1. The van der Waals surface area contributed by atoms with Gasteiger partial charge in [0.25, 0.3) is 0 Å². The number of hydrogen-bond acceptors (Lipinski definition) is 3. The third-order valence-corrected chi connectivity index (χ3v) is 4.45. The summed E-state index contributed by atoms with van der Waals surface area (Å²) < 4.78 is 0. The Morgan fingerprint density at radius 2 is 1.88 bits per heavy atom. The molecular formula is C18H27IN4S. The largest absolute Gasteiger partial charge is 0.357 e. The zero-order valence-electron chi connectivity index (χ0n) is 14.5. The van der Waals surface area contributed by atoms with Crippen molar-refractivity contribution in [1.82, 2.24) is 15.5 Å². The highest BCUT2D eigenvalue weighted by molar-refractivity contribution is 14.0. The highest BCUT2D eigenvalue weighted by Crippen LogP contribution is 2.16. The minimum Gasteiger partial charge on any atom is -0.357 e. The van der Waals surface area contributed by atoms with Crippen molar-refractivity contribution in [1.29, 1.82) is 0 Å². The third-order valence-electron chi connectivity index (χ3n) is 3.59. The van der Waals surface area contributed by atoms with Crippen molar-refractivity contribution in [3.8, 4) is 0 Å². The minimum absolute atomic E-state index is 0. The van der Waals surface area contributed by atoms with Crippen LogP contribution in [0, 0.1) is 0 Å². The number of thiophene rings is 1. The molecule has 2 N–H and O–H groups in total. The van der Waals surface area contributed by atoms with E-state index in [9.17, 15) is 0 Å². The van der Waals surface area contributed by atoms with Gasteiger partial charge in [0.2, 0.25) is 0 Å². The van der Waals surface area contributed by atoms with Gasteiger partial charge in [0.15, 0.2) is 5.96 Å². The molecular weight excluding hydrogens is 431 g/mol. The van der Waals surface area contributed by atoms with E-state index in [2.05, 4.69) is 89.4 Å². The molecule has 0 saturated heterocycles. The van der Waals surface area contributed by atoms with Crippen LogP contribution in [-0.4, -0.2) is 38.0 Å². The van der Waals surface area contributed by atoms with E-state index in [4.69, 9.17) is 0 Å². The fourth-order valence-electron chi connectivity index (χ4n) is 2.37. The molecule has 2 rings (SSSR count). The maximum Gasteiger partial charge on any atom is 0.191 e. The lowest BCUT2D eigenvalue weighted by molar-refractivity contribution is 0.298. The molecule has 1 atom stereocenters. The molecule has 2 aromatic rings. The highest BCUT2D eigenvalue weighted by Gasteiger charge is 2.14. The summed E-state index contributed by atoms with van der Waals surface area (Å²) in [5.41, 5.74) is 1.30. The van der Waals surface area contributed by atoms with Crippen LogP contribution in [0.1, 0.15) is 23.4 Å². The van der Waals surface area contributed by atoms with Crippen molar-refractivity contribution < 1.29 is 0 Å². The average molecular weight is 458 g/mol. The van der Waals surface area contributed by atoms with Crippen LogP contribution >= 0.6 is 35.3 Å². The van der Waals surface area contributed by atoms with E-state index in [1.54, 1.807) is 11.3 Å². The predicted molar refractivity (Wildman–Crippen MR) is 115 cm³/mol. The van der Waals surface area contributed by atoms with Crippen molar-refractivity contribution in [2.45, 2.75) is 19.5 Å². The number of rotatable bonds is 7. The molecule has 24 heavy (non-hydrogen) atoms. The molecule has 0 amide bonds. The molecule has 1 aromatic heterocycles. The van der Waals surface area contributed by atoms with Gasteiger partial charge in [-0.25, -0.2) is 4.99 Å². The van der Waals surface area contributed by atoms with E-state index in [1.807, 2.05) is 0 Å². The van der Waals surface area contributed by atoms with Crippen molar-refractivity contribution in [3.63, 3.8) is 0 Å². The Kier molecular flexibility index (Phi) is 9.97. The Hall–Kier alpha value is -1.12. The molecule has 132 valence electrons. The van der Waals surface area contributed by atoms with E-state index < -0.39 is 0 Å². The predicted octanol–water partition coefficient (Wildman–Crippen LogP) is 3.72. The lowest BCUT2D eigenvalue weighted by Crippen LogP contribution is -2.41. The number of aliphatic imine (C=N–C) groups is 1. The standard InChI is InChI=1S/C18H26N4S.HI/c1-4-19-18(20-13-16-11-8-12-23-16)21-14-17(22(2)3)15-9-6-5-7-10-15;/h5-12,17H,4,13-14H2,1-3H3,(H2,19,20,21);1H. The second kappa shape index (κ2) is 11.4. The second-order valence-corrected chi connectivity index (χ2v) is 6.58. The fraction of sp³-hybridized carbons (Fsp3) is 0.389. The van der Waals surface area contributed by atoms with E-state index in [0.29, 0.717) is 12.6 Å². The van der Waals surface area contributed by atoms with Crippen molar-refractivity contribution in [2.24, 2.45) is 4.99 Å². The zero-order valence-corrected chi connectivity index (χ0v) is 17.7. The minimum atomic E-state index is 0. The number of halogens is 1. The Bertz CT molecular complexity index is 584. The van der Waals surface area contributed by atoms with Gasteiger partial charge in [-0.2, -0.15) is 0 Å². The van der Waals surface area contributed by atoms with Crippen LogP contribution in [-0.2, 0) is 6.54 Å². The summed E-state index contributed by atoms with van der Waals surface area (Å²) in [6.45, 7) is 4.47. The SMILES string of the molecule is CCNC(=NCc1cccs1)NCC(c1ccccc1)N(C)C.I. The number of hydrogen-bond donors (Lipinski definition) is 2. The van der Waals surface area contributed by atoms with Crippen LogP contribution in [0.25, 0.3) is 0 Å². The summed E-state index contributed by atoms with van der Waals surface area (Å²) in [5, 5.41) is 8.87. The Morgan fingerprint density at radius 1 is 1.12 bits per heavy atom. The first-order valence-corrected chi connectivity index (χ1v) is 8.84. The average Bonchev–Trinajstić information content (AvgIpc) is 3.07. The van der Waals surface area contributed by atoms with Gasteiger partial charge >= 0.3 is 0 Å². The van der Waals surface area contributed by atoms with Crippen LogP contribution in [0.4, 0.5) is 0 Å². The topological polar surface area (TPSA) is 39.7 Å². The fourth-order valence-corrected chi connectivity index (χ4v) is 3.00. The van der Waals surface area contributed by atoms with Gasteiger partial charge in [0.1, 0.15) is 0 Å². The molecule has 0 radical (unpaired) electrons. The maximum absolute atomic E-state index is 4.67. The number of guanidine groups is 1. The quantitative estimate of drug-likeness (QED) is 0.378. The summed E-state index contributed by atoms with van der Waals surface area (Å²) in [7, 11) is 4.21. The smallest absolute Gasteiger partial charge is 0.191 e. The summed E-state index contributed by atoms with van der Waals surface area (Å²) in [6, 6.07) is 15.0. The zero-order chi connectivity index (χ0) is 16.5. The molecule has 0 aliphatic carbocycles. The molecule has 0 aliphatic rings. The molecule has 6 heteroatoms. The lowest BCUT2D eigenvalue weighted by Gasteiger charge is -2.26. The van der Waals surface area contributed by atoms with Crippen LogP contribution in [0.5, 0.6) is 0 Å². The molecule has 0 fully saturated rings. The molecule has 1 unspecified atom stereocenters. The van der Waals surface area contributed by atoms with E-state index in [0.717, 1.165) is 19.0 Å². The first-order chi connectivity index (χ1) is 11.2. The van der Waals surface area contributed by atoms with Gasteiger partial charge in [-0.15, -0.1) is 35.3 Å². The van der Waals surface area contributed by atoms with Crippen molar-refractivity contribution in [2.75, 3.05) is 27.2 Å². The summed E-state index contributed by atoms with van der Waals surface area (Å²) in [5.74, 6) is 0.865. The Labute approximate surface area is 166 Å². The molecule has 0 spiro atoms. The van der Waals surface area contributed by atoms with Gasteiger partial charge in [0.05, 0.1) is 12.6 Å². The second-order valence-electron chi connectivity index (χ2n) is 5.55. The van der Waals surface area contributed by atoms with Crippen molar-refractivity contribution in [3.05, 3.63) is 58.3 Å². The maximum atomic E-state index is 4.67. The highest BCUT2D eigenvalue weighted by atomic mass is 127.